The van der Waals surface area contributed by atoms with Gasteiger partial charge in [-0.25, -0.2) is 0 Å². The lowest BCUT2D eigenvalue weighted by Crippen LogP contribution is -2.31. The van der Waals surface area contributed by atoms with Crippen LogP contribution in [0.2, 0.25) is 0 Å². The number of nitrogens with zero attached hydrogens (tertiary/aromatic N) is 1. The predicted octanol–water partition coefficient (Wildman–Crippen LogP) is 1.54. The molecule has 16 heavy (non-hydrogen) atoms. The highest BCUT2D eigenvalue weighted by Gasteiger charge is 2.04. The normalized spacial score (nSPS) is 10.6. The van der Waals surface area contributed by atoms with Crippen molar-refractivity contribution >= 4 is 12.0 Å². The zero-order valence-corrected chi connectivity index (χ0v) is 9.47. The largest absolute Gasteiger partial charge is 0.395 e. The van der Waals surface area contributed by atoms with Gasteiger partial charge in [0.2, 0.25) is 5.91 Å². The van der Waals surface area contributed by atoms with Gasteiger partial charge < -0.3 is 10.0 Å². The average molecular weight is 219 g/mol. The van der Waals surface area contributed by atoms with E-state index in [9.17, 15) is 4.79 Å². The van der Waals surface area contributed by atoms with E-state index in [1.807, 2.05) is 42.5 Å². The minimum atomic E-state index is -0.0215. The van der Waals surface area contributed by atoms with Crippen molar-refractivity contribution in [3.63, 3.8) is 0 Å². The molecule has 0 atom stereocenters. The van der Waals surface area contributed by atoms with Crippen LogP contribution in [0.3, 0.4) is 0 Å². The Hall–Kier alpha value is -1.61. The van der Waals surface area contributed by atoms with Gasteiger partial charge in [-0.1, -0.05) is 42.5 Å². The molecule has 0 aliphatic carbocycles. The van der Waals surface area contributed by atoms with E-state index in [1.165, 1.54) is 6.92 Å². The molecule has 0 aliphatic heterocycles. The van der Waals surface area contributed by atoms with Crippen LogP contribution in [-0.4, -0.2) is 35.6 Å². The number of carbonyl (C=O) groups is 1. The minimum absolute atomic E-state index is 0.00123. The Labute approximate surface area is 96.0 Å². The van der Waals surface area contributed by atoms with E-state index < -0.39 is 0 Å². The molecule has 0 spiro atoms. The third-order valence-corrected chi connectivity index (χ3v) is 2.25. The molecule has 0 fully saturated rings. The van der Waals surface area contributed by atoms with Crippen molar-refractivity contribution in [3.8, 4) is 0 Å². The average Bonchev–Trinajstić information content (AvgIpc) is 2.29. The Bertz CT molecular complexity index is 346. The van der Waals surface area contributed by atoms with Gasteiger partial charge in [0.25, 0.3) is 0 Å². The Kier molecular flexibility index (Phi) is 5.29. The Morgan fingerprint density at radius 1 is 1.38 bits per heavy atom. The number of hydrogen-bond acceptors (Lipinski definition) is 2. The third-order valence-electron chi connectivity index (χ3n) is 2.25. The van der Waals surface area contributed by atoms with Gasteiger partial charge in [0.1, 0.15) is 0 Å². The second-order valence-electron chi connectivity index (χ2n) is 3.50. The fraction of sp³-hybridized carbons (Fsp3) is 0.308. The molecule has 0 saturated heterocycles. The molecule has 0 saturated carbocycles. The fourth-order valence-electron chi connectivity index (χ4n) is 1.38. The van der Waals surface area contributed by atoms with Gasteiger partial charge in [-0.05, 0) is 5.56 Å². The number of hydrogen-bond donors (Lipinski definition) is 1. The van der Waals surface area contributed by atoms with Gasteiger partial charge in [0.05, 0.1) is 6.61 Å². The molecule has 0 radical (unpaired) electrons. The summed E-state index contributed by atoms with van der Waals surface area (Å²) in [5.74, 6) is -0.0215. The summed E-state index contributed by atoms with van der Waals surface area (Å²) in [4.78, 5) is 12.8. The van der Waals surface area contributed by atoms with Crippen molar-refractivity contribution < 1.29 is 9.90 Å². The first kappa shape index (κ1) is 12.5. The summed E-state index contributed by atoms with van der Waals surface area (Å²) >= 11 is 0. The van der Waals surface area contributed by atoms with E-state index in [0.29, 0.717) is 13.1 Å². The van der Waals surface area contributed by atoms with Crippen LogP contribution in [0.15, 0.2) is 36.4 Å². The van der Waals surface area contributed by atoms with Gasteiger partial charge in [-0.15, -0.1) is 0 Å². The molecule has 0 unspecified atom stereocenters. The molecule has 1 rings (SSSR count). The summed E-state index contributed by atoms with van der Waals surface area (Å²) in [6, 6.07) is 9.90. The summed E-state index contributed by atoms with van der Waals surface area (Å²) < 4.78 is 0. The third kappa shape index (κ3) is 4.28. The first-order chi connectivity index (χ1) is 7.74. The molecular weight excluding hydrogens is 202 g/mol. The van der Waals surface area contributed by atoms with Gasteiger partial charge in [0.15, 0.2) is 0 Å². The fourth-order valence-corrected chi connectivity index (χ4v) is 1.38. The lowest BCUT2D eigenvalue weighted by Gasteiger charge is -2.17. The molecule has 1 aromatic carbocycles. The molecule has 3 heteroatoms. The van der Waals surface area contributed by atoms with Gasteiger partial charge in [0, 0.05) is 20.0 Å². The predicted molar refractivity (Wildman–Crippen MR) is 64.8 cm³/mol. The molecule has 1 N–H and O–H groups in total. The van der Waals surface area contributed by atoms with Crippen LogP contribution >= 0.6 is 0 Å². The number of carbonyl (C=O) groups excluding carboxylic acids is 1. The monoisotopic (exact) mass is 219 g/mol. The number of amides is 1. The van der Waals surface area contributed by atoms with Crippen LogP contribution in [0.1, 0.15) is 12.5 Å². The van der Waals surface area contributed by atoms with E-state index >= 15 is 0 Å². The molecule has 3 nitrogen and oxygen atoms in total. The minimum Gasteiger partial charge on any atom is -0.395 e. The van der Waals surface area contributed by atoms with Gasteiger partial charge in [-0.3, -0.25) is 4.79 Å². The first-order valence-electron chi connectivity index (χ1n) is 5.32. The highest BCUT2D eigenvalue weighted by atomic mass is 16.3. The number of rotatable bonds is 5. The van der Waals surface area contributed by atoms with Crippen molar-refractivity contribution in [2.75, 3.05) is 19.7 Å². The summed E-state index contributed by atoms with van der Waals surface area (Å²) in [6.07, 6.45) is 3.89. The molecule has 1 amide bonds. The lowest BCUT2D eigenvalue weighted by molar-refractivity contribution is -0.128. The molecule has 0 aromatic heterocycles. The summed E-state index contributed by atoms with van der Waals surface area (Å²) in [7, 11) is 0. The maximum absolute atomic E-state index is 11.2. The Morgan fingerprint density at radius 3 is 2.62 bits per heavy atom. The summed E-state index contributed by atoms with van der Waals surface area (Å²) in [5, 5.41) is 8.78. The molecular formula is C13H17NO2. The van der Waals surface area contributed by atoms with E-state index in [-0.39, 0.29) is 12.5 Å². The summed E-state index contributed by atoms with van der Waals surface area (Å²) in [6.45, 7) is 2.42. The van der Waals surface area contributed by atoms with Crippen molar-refractivity contribution in [1.82, 2.24) is 4.90 Å². The molecule has 1 aromatic rings. The molecule has 0 aliphatic rings. The van der Waals surface area contributed by atoms with Gasteiger partial charge >= 0.3 is 0 Å². The SMILES string of the molecule is CC(=O)N(C/C=C/c1ccccc1)CCO. The number of aliphatic hydroxyl groups is 1. The lowest BCUT2D eigenvalue weighted by atomic mass is 10.2. The highest BCUT2D eigenvalue weighted by molar-refractivity contribution is 5.73. The van der Waals surface area contributed by atoms with Crippen LogP contribution in [0.4, 0.5) is 0 Å². The van der Waals surface area contributed by atoms with Crippen molar-refractivity contribution in [1.29, 1.82) is 0 Å². The van der Waals surface area contributed by atoms with Crippen LogP contribution in [0.25, 0.3) is 6.08 Å². The van der Waals surface area contributed by atoms with E-state index in [4.69, 9.17) is 5.11 Å². The quantitative estimate of drug-likeness (QED) is 0.816. The van der Waals surface area contributed by atoms with Crippen LogP contribution in [0, 0.1) is 0 Å². The topological polar surface area (TPSA) is 40.5 Å². The van der Waals surface area contributed by atoms with E-state index in [1.54, 1.807) is 4.90 Å². The van der Waals surface area contributed by atoms with Crippen molar-refractivity contribution in [2.45, 2.75) is 6.92 Å². The molecule has 86 valence electrons. The van der Waals surface area contributed by atoms with Crippen LogP contribution in [0.5, 0.6) is 0 Å². The summed E-state index contributed by atoms with van der Waals surface area (Å²) in [5.41, 5.74) is 1.11. The first-order valence-corrected chi connectivity index (χ1v) is 5.32. The van der Waals surface area contributed by atoms with Gasteiger partial charge in [-0.2, -0.15) is 0 Å². The van der Waals surface area contributed by atoms with Crippen LogP contribution < -0.4 is 0 Å². The second kappa shape index (κ2) is 6.80. The maximum Gasteiger partial charge on any atom is 0.219 e. The van der Waals surface area contributed by atoms with Crippen molar-refractivity contribution in [2.24, 2.45) is 0 Å². The molecule has 0 heterocycles. The Morgan fingerprint density at radius 2 is 2.06 bits per heavy atom. The number of benzene rings is 1. The smallest absolute Gasteiger partial charge is 0.219 e. The number of aliphatic hydroxyl groups excluding tert-OH is 1. The van der Waals surface area contributed by atoms with E-state index in [2.05, 4.69) is 0 Å². The van der Waals surface area contributed by atoms with Crippen molar-refractivity contribution in [3.05, 3.63) is 42.0 Å². The highest BCUT2D eigenvalue weighted by Crippen LogP contribution is 2.01. The zero-order chi connectivity index (χ0) is 11.8. The molecule has 0 bridgehead atoms. The van der Waals surface area contributed by atoms with Crippen LogP contribution in [-0.2, 0) is 4.79 Å². The standard InChI is InChI=1S/C13H17NO2/c1-12(16)14(10-11-15)9-5-8-13-6-3-2-4-7-13/h2-8,15H,9-11H2,1H3/b8-5+. The second-order valence-corrected chi connectivity index (χ2v) is 3.50. The zero-order valence-electron chi connectivity index (χ0n) is 9.47. The van der Waals surface area contributed by atoms with E-state index in [0.717, 1.165) is 5.56 Å². The maximum atomic E-state index is 11.2. The Balaban J connectivity index is 2.49.